The Morgan fingerprint density at radius 2 is 2.00 bits per heavy atom. The van der Waals surface area contributed by atoms with Gasteiger partial charge in [-0.15, -0.1) is 0 Å². The van der Waals surface area contributed by atoms with Gasteiger partial charge in [0.15, 0.2) is 0 Å². The van der Waals surface area contributed by atoms with E-state index >= 15 is 0 Å². The first-order valence-electron chi connectivity index (χ1n) is 3.54. The molecule has 1 amide bonds. The maximum absolute atomic E-state index is 10.5. The molecule has 3 heteroatoms. The average Bonchev–Trinajstić information content (AvgIpc) is 2.10. The average molecular weight is 227 g/mol. The number of carbonyl (C=O) groups excluding carboxylic acids is 1. The van der Waals surface area contributed by atoms with E-state index in [1.54, 1.807) is 0 Å². The molecule has 0 bridgehead atoms. The maximum Gasteiger partial charge on any atom is 0.214 e. The van der Waals surface area contributed by atoms with Gasteiger partial charge in [0.1, 0.15) is 0 Å². The van der Waals surface area contributed by atoms with Crippen molar-refractivity contribution in [2.75, 3.05) is 11.4 Å². The normalized spacial score (nSPS) is 9.50. The summed E-state index contributed by atoms with van der Waals surface area (Å²) in [5.74, 6) is 0. The van der Waals surface area contributed by atoms with Gasteiger partial charge in [-0.2, -0.15) is 0 Å². The minimum absolute atomic E-state index is 0.450. The molecule has 0 aromatic heterocycles. The van der Waals surface area contributed by atoms with Crippen LogP contribution in [0, 0.1) is 6.92 Å². The molecule has 63 valence electrons. The summed E-state index contributed by atoms with van der Waals surface area (Å²) in [6, 6.07) is 7.51. The smallest absolute Gasteiger partial charge is 0.214 e. The number of rotatable bonds is 3. The SMILES string of the molecule is [CH2]CN(C=O)c1ccc(Br)cc1. The molecule has 0 aliphatic rings. The van der Waals surface area contributed by atoms with Crippen LogP contribution in [0.2, 0.25) is 0 Å². The lowest BCUT2D eigenvalue weighted by molar-refractivity contribution is -0.107. The van der Waals surface area contributed by atoms with Gasteiger partial charge in [-0.25, -0.2) is 0 Å². The molecule has 1 rings (SSSR count). The Labute approximate surface area is 80.3 Å². The van der Waals surface area contributed by atoms with Crippen LogP contribution >= 0.6 is 15.9 Å². The predicted molar refractivity (Wildman–Crippen MR) is 52.9 cm³/mol. The van der Waals surface area contributed by atoms with Crippen molar-refractivity contribution in [3.05, 3.63) is 35.7 Å². The highest BCUT2D eigenvalue weighted by atomic mass is 79.9. The zero-order valence-corrected chi connectivity index (χ0v) is 8.12. The van der Waals surface area contributed by atoms with Crippen molar-refractivity contribution in [1.29, 1.82) is 0 Å². The van der Waals surface area contributed by atoms with Gasteiger partial charge in [0.25, 0.3) is 0 Å². The minimum Gasteiger partial charge on any atom is -0.315 e. The molecule has 0 heterocycles. The topological polar surface area (TPSA) is 20.3 Å². The predicted octanol–water partition coefficient (Wildman–Crippen LogP) is 2.25. The van der Waals surface area contributed by atoms with Crippen LogP contribution in [-0.4, -0.2) is 13.0 Å². The first-order chi connectivity index (χ1) is 5.77. The molecule has 0 saturated heterocycles. The minimum atomic E-state index is 0.450. The van der Waals surface area contributed by atoms with E-state index in [9.17, 15) is 4.79 Å². The van der Waals surface area contributed by atoms with Crippen molar-refractivity contribution < 1.29 is 4.79 Å². The standard InChI is InChI=1S/C9H9BrNO/c1-2-11(7-12)9-5-3-8(10)4-6-9/h3-7H,1-2H2. The molecular formula is C9H9BrNO. The molecule has 0 saturated carbocycles. The highest BCUT2D eigenvalue weighted by molar-refractivity contribution is 9.10. The van der Waals surface area contributed by atoms with Crippen LogP contribution in [0.4, 0.5) is 5.69 Å². The highest BCUT2D eigenvalue weighted by Gasteiger charge is 2.00. The molecule has 0 N–H and O–H groups in total. The second-order valence-corrected chi connectivity index (χ2v) is 3.19. The Bertz CT molecular complexity index is 258. The van der Waals surface area contributed by atoms with Crippen molar-refractivity contribution in [3.63, 3.8) is 0 Å². The molecule has 0 atom stereocenters. The van der Waals surface area contributed by atoms with Crippen molar-refractivity contribution in [2.24, 2.45) is 0 Å². The summed E-state index contributed by atoms with van der Waals surface area (Å²) in [7, 11) is 0. The maximum atomic E-state index is 10.5. The number of benzene rings is 1. The third-order valence-corrected chi connectivity index (χ3v) is 2.06. The summed E-state index contributed by atoms with van der Waals surface area (Å²) in [6.07, 6.45) is 0.774. The highest BCUT2D eigenvalue weighted by Crippen LogP contribution is 2.16. The van der Waals surface area contributed by atoms with Gasteiger partial charge in [0.05, 0.1) is 0 Å². The zero-order valence-electron chi connectivity index (χ0n) is 6.53. The lowest BCUT2D eigenvalue weighted by Crippen LogP contribution is -2.19. The summed E-state index contributed by atoms with van der Waals surface area (Å²) >= 11 is 3.32. The summed E-state index contributed by atoms with van der Waals surface area (Å²) in [5, 5.41) is 0. The second kappa shape index (κ2) is 4.26. The number of anilines is 1. The van der Waals surface area contributed by atoms with E-state index in [-0.39, 0.29) is 0 Å². The number of halogens is 1. The van der Waals surface area contributed by atoms with E-state index in [4.69, 9.17) is 0 Å². The number of nitrogens with zero attached hydrogens (tertiary/aromatic N) is 1. The van der Waals surface area contributed by atoms with Crippen LogP contribution in [0.15, 0.2) is 28.7 Å². The monoisotopic (exact) mass is 226 g/mol. The fraction of sp³-hybridized carbons (Fsp3) is 0.111. The Morgan fingerprint density at radius 3 is 2.42 bits per heavy atom. The van der Waals surface area contributed by atoms with Crippen molar-refractivity contribution in [3.8, 4) is 0 Å². The fourth-order valence-corrected chi connectivity index (χ4v) is 1.14. The van der Waals surface area contributed by atoms with E-state index in [0.29, 0.717) is 6.54 Å². The fourth-order valence-electron chi connectivity index (χ4n) is 0.875. The molecule has 1 aromatic carbocycles. The first-order valence-corrected chi connectivity index (χ1v) is 4.34. The summed E-state index contributed by atoms with van der Waals surface area (Å²) in [6.45, 7) is 4.09. The first kappa shape index (κ1) is 9.26. The molecule has 2 nitrogen and oxygen atoms in total. The third-order valence-electron chi connectivity index (χ3n) is 1.53. The van der Waals surface area contributed by atoms with Gasteiger partial charge >= 0.3 is 0 Å². The summed E-state index contributed by atoms with van der Waals surface area (Å²) in [4.78, 5) is 12.0. The van der Waals surface area contributed by atoms with Gasteiger partial charge in [-0.1, -0.05) is 15.9 Å². The number of carbonyl (C=O) groups is 1. The molecule has 0 aliphatic carbocycles. The van der Waals surface area contributed by atoms with E-state index in [0.717, 1.165) is 16.6 Å². The molecule has 0 spiro atoms. The number of hydrogen-bond donors (Lipinski definition) is 0. The van der Waals surface area contributed by atoms with Crippen LogP contribution in [-0.2, 0) is 4.79 Å². The Hall–Kier alpha value is -0.830. The molecule has 0 unspecified atom stereocenters. The summed E-state index contributed by atoms with van der Waals surface area (Å²) in [5.41, 5.74) is 0.864. The molecule has 0 aliphatic heterocycles. The van der Waals surface area contributed by atoms with Gasteiger partial charge in [-0.3, -0.25) is 4.79 Å². The molecule has 12 heavy (non-hydrogen) atoms. The molecule has 1 radical (unpaired) electrons. The van der Waals surface area contributed by atoms with Crippen LogP contribution in [0.5, 0.6) is 0 Å². The molecule has 0 fully saturated rings. The number of hydrogen-bond acceptors (Lipinski definition) is 1. The lowest BCUT2D eigenvalue weighted by Gasteiger charge is -2.14. The Kier molecular flexibility index (Phi) is 3.29. The van der Waals surface area contributed by atoms with Gasteiger partial charge in [-0.05, 0) is 31.2 Å². The van der Waals surface area contributed by atoms with Gasteiger partial charge < -0.3 is 4.90 Å². The summed E-state index contributed by atoms with van der Waals surface area (Å²) < 4.78 is 1.00. The van der Waals surface area contributed by atoms with E-state index in [2.05, 4.69) is 22.9 Å². The lowest BCUT2D eigenvalue weighted by atomic mass is 10.3. The van der Waals surface area contributed by atoms with Crippen molar-refractivity contribution >= 4 is 28.0 Å². The van der Waals surface area contributed by atoms with Crippen LogP contribution in [0.1, 0.15) is 0 Å². The van der Waals surface area contributed by atoms with Gasteiger partial charge in [0, 0.05) is 16.7 Å². The van der Waals surface area contributed by atoms with Crippen LogP contribution in [0.3, 0.4) is 0 Å². The zero-order chi connectivity index (χ0) is 8.97. The van der Waals surface area contributed by atoms with E-state index in [1.807, 2.05) is 24.3 Å². The van der Waals surface area contributed by atoms with E-state index < -0.39 is 0 Å². The number of amides is 1. The van der Waals surface area contributed by atoms with Gasteiger partial charge in [0.2, 0.25) is 6.41 Å². The quantitative estimate of drug-likeness (QED) is 0.725. The van der Waals surface area contributed by atoms with E-state index in [1.165, 1.54) is 4.90 Å². The van der Waals surface area contributed by atoms with Crippen LogP contribution < -0.4 is 4.90 Å². The van der Waals surface area contributed by atoms with Crippen molar-refractivity contribution in [1.82, 2.24) is 0 Å². The van der Waals surface area contributed by atoms with Crippen LogP contribution in [0.25, 0.3) is 0 Å². The second-order valence-electron chi connectivity index (χ2n) is 2.28. The Balaban J connectivity index is 2.87. The third kappa shape index (κ3) is 2.08. The van der Waals surface area contributed by atoms with Crippen molar-refractivity contribution in [2.45, 2.75) is 0 Å². The largest absolute Gasteiger partial charge is 0.315 e. The molecule has 1 aromatic rings. The Morgan fingerprint density at radius 1 is 1.42 bits per heavy atom. The molecular weight excluding hydrogens is 218 g/mol.